The van der Waals surface area contributed by atoms with Crippen molar-refractivity contribution in [2.24, 2.45) is 5.16 Å². The van der Waals surface area contributed by atoms with Crippen molar-refractivity contribution < 1.29 is 37.1 Å². The summed E-state index contributed by atoms with van der Waals surface area (Å²) in [7, 11) is 1.43. The van der Waals surface area contributed by atoms with Crippen molar-refractivity contribution in [1.29, 1.82) is 0 Å². The number of nitrogens with one attached hydrogen (secondary N) is 1. The number of methoxy groups -OCH3 is 1. The van der Waals surface area contributed by atoms with Gasteiger partial charge in [-0.05, 0) is 30.3 Å². The molecule has 2 atom stereocenters. The standard InChI is InChI=1S/C24H19Cl3F3N3O5/c1-37-5-4-33-20(34)10-18(22(33)36)31-21(35)16-3-2-12(6-17(16)27)19-11-23(38-32-19,24(28,29)30)13-7-14(25)9-15(26)8-13/h2-3,6-9,18H,4-5,10-11H2,1H3,(H,31,35)/t18-,23?/m1/s1. The average Bonchev–Trinajstić information content (AvgIpc) is 3.40. The molecule has 2 aromatic carbocycles. The van der Waals surface area contributed by atoms with E-state index in [4.69, 9.17) is 44.4 Å². The average molecular weight is 593 g/mol. The third-order valence-corrected chi connectivity index (χ3v) is 6.88. The van der Waals surface area contributed by atoms with E-state index in [2.05, 4.69) is 10.5 Å². The van der Waals surface area contributed by atoms with Crippen LogP contribution in [0.25, 0.3) is 0 Å². The van der Waals surface area contributed by atoms with Gasteiger partial charge in [-0.1, -0.05) is 46.0 Å². The Morgan fingerprint density at radius 2 is 1.87 bits per heavy atom. The molecule has 1 unspecified atom stereocenters. The molecule has 2 aromatic rings. The summed E-state index contributed by atoms with van der Waals surface area (Å²) in [4.78, 5) is 43.3. The maximum atomic E-state index is 14.2. The van der Waals surface area contributed by atoms with E-state index in [0.717, 1.165) is 17.0 Å². The normalized spacial score (nSPS) is 21.5. The van der Waals surface area contributed by atoms with Crippen molar-refractivity contribution in [2.45, 2.75) is 30.7 Å². The number of rotatable bonds is 7. The van der Waals surface area contributed by atoms with Gasteiger partial charge in [-0.3, -0.25) is 19.3 Å². The zero-order valence-corrected chi connectivity index (χ0v) is 21.8. The van der Waals surface area contributed by atoms with E-state index in [1.54, 1.807) is 0 Å². The first-order valence-electron chi connectivity index (χ1n) is 11.1. The minimum Gasteiger partial charge on any atom is -0.383 e. The number of hydrogen-bond donors (Lipinski definition) is 1. The fourth-order valence-electron chi connectivity index (χ4n) is 4.17. The van der Waals surface area contributed by atoms with Crippen LogP contribution in [0.3, 0.4) is 0 Å². The van der Waals surface area contributed by atoms with E-state index in [-0.39, 0.29) is 57.0 Å². The van der Waals surface area contributed by atoms with Gasteiger partial charge in [0.2, 0.25) is 5.91 Å². The molecule has 202 valence electrons. The van der Waals surface area contributed by atoms with Gasteiger partial charge >= 0.3 is 6.18 Å². The lowest BCUT2D eigenvalue weighted by atomic mass is 9.86. The highest BCUT2D eigenvalue weighted by Crippen LogP contribution is 2.49. The van der Waals surface area contributed by atoms with Crippen molar-refractivity contribution >= 4 is 58.2 Å². The van der Waals surface area contributed by atoms with E-state index in [9.17, 15) is 27.6 Å². The van der Waals surface area contributed by atoms with Crippen LogP contribution >= 0.6 is 34.8 Å². The Labute approximate surface area is 229 Å². The summed E-state index contributed by atoms with van der Waals surface area (Å²) in [6.45, 7) is 0.208. The number of likely N-dealkylation sites (tertiary alicyclic amines) is 1. The van der Waals surface area contributed by atoms with E-state index in [0.29, 0.717) is 0 Å². The molecule has 1 fully saturated rings. The molecule has 3 amide bonds. The number of carbonyl (C=O) groups is 3. The Balaban J connectivity index is 1.52. The van der Waals surface area contributed by atoms with Crippen LogP contribution in [0.5, 0.6) is 0 Å². The number of alkyl halides is 3. The van der Waals surface area contributed by atoms with Crippen LogP contribution in [-0.4, -0.2) is 60.8 Å². The molecule has 14 heteroatoms. The molecule has 8 nitrogen and oxygen atoms in total. The van der Waals surface area contributed by atoms with Crippen LogP contribution in [0, 0.1) is 0 Å². The zero-order valence-electron chi connectivity index (χ0n) is 19.6. The second kappa shape index (κ2) is 10.7. The van der Waals surface area contributed by atoms with Crippen molar-refractivity contribution in [1.82, 2.24) is 10.2 Å². The van der Waals surface area contributed by atoms with Crippen LogP contribution in [-0.2, 0) is 24.8 Å². The SMILES string of the molecule is COCCN1C(=O)C[C@@H](NC(=O)c2ccc(C3=NOC(c4cc(Cl)cc(Cl)c4)(C(F)(F)F)C3)cc2Cl)C1=O. The molecule has 0 aromatic heterocycles. The summed E-state index contributed by atoms with van der Waals surface area (Å²) in [5, 5.41) is 6.02. The first-order chi connectivity index (χ1) is 17.9. The van der Waals surface area contributed by atoms with Gasteiger partial charge < -0.3 is 14.9 Å². The largest absolute Gasteiger partial charge is 0.435 e. The molecule has 38 heavy (non-hydrogen) atoms. The van der Waals surface area contributed by atoms with Gasteiger partial charge in [0.15, 0.2) is 0 Å². The molecule has 2 aliphatic heterocycles. The molecule has 0 bridgehead atoms. The van der Waals surface area contributed by atoms with Crippen molar-refractivity contribution in [3.8, 4) is 0 Å². The van der Waals surface area contributed by atoms with E-state index in [1.807, 2.05) is 0 Å². The Morgan fingerprint density at radius 1 is 1.18 bits per heavy atom. The Morgan fingerprint density at radius 3 is 2.47 bits per heavy atom. The third kappa shape index (κ3) is 5.33. The lowest BCUT2D eigenvalue weighted by molar-refractivity contribution is -0.275. The van der Waals surface area contributed by atoms with Gasteiger partial charge in [-0.15, -0.1) is 0 Å². The molecular weight excluding hydrogens is 574 g/mol. The predicted molar refractivity (Wildman–Crippen MR) is 132 cm³/mol. The van der Waals surface area contributed by atoms with E-state index >= 15 is 0 Å². The number of hydrogen-bond acceptors (Lipinski definition) is 6. The van der Waals surface area contributed by atoms with Gasteiger partial charge in [0, 0.05) is 34.7 Å². The minimum absolute atomic E-state index is 0.00385. The summed E-state index contributed by atoms with van der Waals surface area (Å²) in [5.41, 5.74) is -3.09. The number of ether oxygens (including phenoxy) is 1. The molecular formula is C24H19Cl3F3N3O5. The molecule has 0 radical (unpaired) electrons. The van der Waals surface area contributed by atoms with Crippen LogP contribution in [0.2, 0.25) is 15.1 Å². The summed E-state index contributed by atoms with van der Waals surface area (Å²) in [6, 6.07) is 6.32. The Kier molecular flexibility index (Phi) is 7.94. The Bertz CT molecular complexity index is 1320. The van der Waals surface area contributed by atoms with Gasteiger partial charge in [-0.25, -0.2) is 0 Å². The van der Waals surface area contributed by atoms with Gasteiger partial charge in [0.25, 0.3) is 17.4 Å². The number of imide groups is 1. The maximum Gasteiger partial charge on any atom is 0.435 e. The first kappa shape index (κ1) is 28.2. The summed E-state index contributed by atoms with van der Waals surface area (Å²) < 4.78 is 47.6. The molecule has 2 aliphatic rings. The molecule has 0 aliphatic carbocycles. The molecule has 4 rings (SSSR count). The smallest absolute Gasteiger partial charge is 0.383 e. The lowest BCUT2D eigenvalue weighted by Gasteiger charge is -2.29. The summed E-state index contributed by atoms with van der Waals surface area (Å²) in [5.74, 6) is -1.76. The number of oxime groups is 1. The van der Waals surface area contributed by atoms with Gasteiger partial charge in [0.05, 0.1) is 35.9 Å². The number of carbonyl (C=O) groups excluding carboxylic acids is 3. The Hall–Kier alpha value is -2.86. The number of halogens is 6. The lowest BCUT2D eigenvalue weighted by Crippen LogP contribution is -2.42. The van der Waals surface area contributed by atoms with Crippen molar-refractivity contribution in [3.63, 3.8) is 0 Å². The highest BCUT2D eigenvalue weighted by atomic mass is 35.5. The van der Waals surface area contributed by atoms with Gasteiger partial charge in [-0.2, -0.15) is 13.2 Å². The molecule has 0 spiro atoms. The summed E-state index contributed by atoms with van der Waals surface area (Å²) >= 11 is 18.1. The molecule has 1 N–H and O–H groups in total. The summed E-state index contributed by atoms with van der Waals surface area (Å²) in [6.07, 6.45) is -5.80. The second-order valence-electron chi connectivity index (χ2n) is 8.59. The van der Waals surface area contributed by atoms with Crippen LogP contribution in [0.1, 0.15) is 34.3 Å². The van der Waals surface area contributed by atoms with Crippen molar-refractivity contribution in [2.75, 3.05) is 20.3 Å². The van der Waals surface area contributed by atoms with Crippen LogP contribution < -0.4 is 5.32 Å². The number of benzene rings is 2. The molecule has 2 heterocycles. The zero-order chi connectivity index (χ0) is 27.8. The van der Waals surface area contributed by atoms with Crippen molar-refractivity contribution in [3.05, 3.63) is 68.2 Å². The monoisotopic (exact) mass is 591 g/mol. The molecule has 0 saturated carbocycles. The van der Waals surface area contributed by atoms with Gasteiger partial charge in [0.1, 0.15) is 6.04 Å². The predicted octanol–water partition coefficient (Wildman–Crippen LogP) is 4.73. The quantitative estimate of drug-likeness (QED) is 0.469. The van der Waals surface area contributed by atoms with E-state index in [1.165, 1.54) is 31.4 Å². The fraction of sp³-hybridized carbons (Fsp3) is 0.333. The number of nitrogens with zero attached hydrogens (tertiary/aromatic N) is 2. The highest BCUT2D eigenvalue weighted by molar-refractivity contribution is 6.35. The first-order valence-corrected chi connectivity index (χ1v) is 12.2. The fourth-order valence-corrected chi connectivity index (χ4v) is 4.97. The molecule has 1 saturated heterocycles. The third-order valence-electron chi connectivity index (χ3n) is 6.13. The topological polar surface area (TPSA) is 97.3 Å². The maximum absolute atomic E-state index is 14.2. The number of amides is 3. The second-order valence-corrected chi connectivity index (χ2v) is 9.87. The van der Waals surface area contributed by atoms with E-state index < -0.39 is 42.0 Å². The minimum atomic E-state index is -4.88. The van der Waals surface area contributed by atoms with Crippen LogP contribution in [0.15, 0.2) is 41.6 Å². The van der Waals surface area contributed by atoms with Crippen LogP contribution in [0.4, 0.5) is 13.2 Å². The highest BCUT2D eigenvalue weighted by Gasteiger charge is 2.62.